The second-order valence-corrected chi connectivity index (χ2v) is 5.77. The Morgan fingerprint density at radius 3 is 2.54 bits per heavy atom. The third-order valence-electron chi connectivity index (χ3n) is 4.04. The van der Waals surface area contributed by atoms with Crippen LogP contribution in [0.1, 0.15) is 0 Å². The van der Waals surface area contributed by atoms with Crippen LogP contribution in [-0.2, 0) is 11.3 Å². The average molecular weight is 346 g/mol. The summed E-state index contributed by atoms with van der Waals surface area (Å²) in [7, 11) is 0. The number of benzene rings is 2. The van der Waals surface area contributed by atoms with Crippen molar-refractivity contribution in [2.45, 2.75) is 6.54 Å². The number of halogens is 1. The number of aromatic nitrogens is 3. The number of nitrogens with one attached hydrogen (secondary N) is 1. The molecule has 0 atom stereocenters. The smallest absolute Gasteiger partial charge is 0.244 e. The molecule has 0 spiro atoms. The normalized spacial score (nSPS) is 10.8. The Kier molecular flexibility index (Phi) is 4.15. The highest BCUT2D eigenvalue weighted by Crippen LogP contribution is 2.24. The summed E-state index contributed by atoms with van der Waals surface area (Å²) < 4.78 is 15.6. The minimum Gasteiger partial charge on any atom is -0.322 e. The van der Waals surface area contributed by atoms with Gasteiger partial charge in [0.15, 0.2) is 0 Å². The fourth-order valence-electron chi connectivity index (χ4n) is 2.85. The second-order valence-electron chi connectivity index (χ2n) is 5.77. The maximum Gasteiger partial charge on any atom is 0.244 e. The molecule has 128 valence electrons. The molecule has 0 aliphatic rings. The van der Waals surface area contributed by atoms with Gasteiger partial charge in [-0.25, -0.2) is 9.37 Å². The summed E-state index contributed by atoms with van der Waals surface area (Å²) in [5, 5.41) is 2.62. The fraction of sp³-hybridized carbons (Fsp3) is 0.0500. The van der Waals surface area contributed by atoms with Crippen LogP contribution in [0.5, 0.6) is 0 Å². The SMILES string of the molecule is O=C(Cn1c(-c2ccncc2)nc2ccccc21)Nc1ccccc1F. The Balaban J connectivity index is 1.71. The van der Waals surface area contributed by atoms with Crippen molar-refractivity contribution in [3.63, 3.8) is 0 Å². The van der Waals surface area contributed by atoms with Crippen LogP contribution in [0.4, 0.5) is 10.1 Å². The van der Waals surface area contributed by atoms with Crippen LogP contribution >= 0.6 is 0 Å². The summed E-state index contributed by atoms with van der Waals surface area (Å²) in [4.78, 5) is 21.2. The molecule has 5 nitrogen and oxygen atoms in total. The molecule has 4 aromatic rings. The van der Waals surface area contributed by atoms with Crippen LogP contribution in [0.3, 0.4) is 0 Å². The molecule has 0 bridgehead atoms. The number of carbonyl (C=O) groups excluding carboxylic acids is 1. The number of hydrogen-bond donors (Lipinski definition) is 1. The Morgan fingerprint density at radius 1 is 1.00 bits per heavy atom. The highest BCUT2D eigenvalue weighted by Gasteiger charge is 2.15. The van der Waals surface area contributed by atoms with Crippen molar-refractivity contribution >= 4 is 22.6 Å². The number of anilines is 1. The van der Waals surface area contributed by atoms with E-state index < -0.39 is 5.82 Å². The monoisotopic (exact) mass is 346 g/mol. The third kappa shape index (κ3) is 3.04. The zero-order valence-electron chi connectivity index (χ0n) is 13.8. The Morgan fingerprint density at radius 2 is 1.73 bits per heavy atom. The van der Waals surface area contributed by atoms with Gasteiger partial charge in [-0.15, -0.1) is 0 Å². The van der Waals surface area contributed by atoms with E-state index in [1.807, 2.05) is 41.0 Å². The van der Waals surface area contributed by atoms with E-state index in [1.165, 1.54) is 12.1 Å². The molecule has 0 aliphatic heterocycles. The molecule has 2 heterocycles. The number of rotatable bonds is 4. The largest absolute Gasteiger partial charge is 0.322 e. The van der Waals surface area contributed by atoms with Gasteiger partial charge in [0.1, 0.15) is 18.2 Å². The second kappa shape index (κ2) is 6.76. The van der Waals surface area contributed by atoms with Crippen LogP contribution in [0.25, 0.3) is 22.4 Å². The van der Waals surface area contributed by atoms with E-state index in [2.05, 4.69) is 15.3 Å². The van der Waals surface area contributed by atoms with Gasteiger partial charge in [-0.3, -0.25) is 9.78 Å². The van der Waals surface area contributed by atoms with E-state index >= 15 is 0 Å². The minimum atomic E-state index is -0.467. The van der Waals surface area contributed by atoms with Gasteiger partial charge in [0.05, 0.1) is 16.7 Å². The van der Waals surface area contributed by atoms with Gasteiger partial charge >= 0.3 is 0 Å². The van der Waals surface area contributed by atoms with E-state index in [0.29, 0.717) is 5.82 Å². The van der Waals surface area contributed by atoms with Crippen LogP contribution in [0.2, 0.25) is 0 Å². The van der Waals surface area contributed by atoms with Gasteiger partial charge in [0.2, 0.25) is 5.91 Å². The van der Waals surface area contributed by atoms with Gasteiger partial charge in [0, 0.05) is 18.0 Å². The zero-order valence-corrected chi connectivity index (χ0v) is 13.8. The first-order chi connectivity index (χ1) is 12.7. The van der Waals surface area contributed by atoms with E-state index in [0.717, 1.165) is 16.6 Å². The molecular weight excluding hydrogens is 331 g/mol. The molecule has 2 aromatic heterocycles. The molecule has 1 amide bonds. The molecule has 0 saturated heterocycles. The lowest BCUT2D eigenvalue weighted by Gasteiger charge is -2.10. The summed E-state index contributed by atoms with van der Waals surface area (Å²) in [5.41, 5.74) is 2.64. The molecule has 0 saturated carbocycles. The number of fused-ring (bicyclic) bond motifs is 1. The highest BCUT2D eigenvalue weighted by atomic mass is 19.1. The molecule has 1 N–H and O–H groups in total. The van der Waals surface area contributed by atoms with Crippen molar-refractivity contribution < 1.29 is 9.18 Å². The number of para-hydroxylation sites is 3. The summed E-state index contributed by atoms with van der Waals surface area (Å²) >= 11 is 0. The van der Waals surface area contributed by atoms with Gasteiger partial charge < -0.3 is 9.88 Å². The third-order valence-corrected chi connectivity index (χ3v) is 4.04. The maximum absolute atomic E-state index is 13.8. The molecule has 0 fully saturated rings. The van der Waals surface area contributed by atoms with Gasteiger partial charge in [-0.1, -0.05) is 24.3 Å². The predicted molar refractivity (Wildman–Crippen MR) is 98.0 cm³/mol. The van der Waals surface area contributed by atoms with E-state index in [1.54, 1.807) is 24.5 Å². The lowest BCUT2D eigenvalue weighted by Crippen LogP contribution is -2.20. The molecule has 0 unspecified atom stereocenters. The number of hydrogen-bond acceptors (Lipinski definition) is 3. The summed E-state index contributed by atoms with van der Waals surface area (Å²) in [6, 6.07) is 17.4. The molecular formula is C20H15FN4O. The Hall–Kier alpha value is -3.54. The number of carbonyl (C=O) groups is 1. The highest BCUT2D eigenvalue weighted by molar-refractivity contribution is 5.92. The number of nitrogens with zero attached hydrogens (tertiary/aromatic N) is 3. The van der Waals surface area contributed by atoms with Gasteiger partial charge in [-0.05, 0) is 36.4 Å². The van der Waals surface area contributed by atoms with E-state index in [9.17, 15) is 9.18 Å². The van der Waals surface area contributed by atoms with Crippen LogP contribution in [0.15, 0.2) is 73.1 Å². The van der Waals surface area contributed by atoms with E-state index in [4.69, 9.17) is 0 Å². The predicted octanol–water partition coefficient (Wildman–Crippen LogP) is 3.88. The summed E-state index contributed by atoms with van der Waals surface area (Å²) in [6.45, 7) is 0.0203. The molecule has 4 rings (SSSR count). The van der Waals surface area contributed by atoms with Crippen molar-refractivity contribution in [2.24, 2.45) is 0 Å². The average Bonchev–Trinajstić information content (AvgIpc) is 3.03. The summed E-state index contributed by atoms with van der Waals surface area (Å²) in [5.74, 6) is -0.128. The first-order valence-electron chi connectivity index (χ1n) is 8.12. The molecule has 2 aromatic carbocycles. The summed E-state index contributed by atoms with van der Waals surface area (Å²) in [6.07, 6.45) is 3.36. The number of pyridine rings is 1. The Bertz CT molecular complexity index is 1080. The molecule has 26 heavy (non-hydrogen) atoms. The topological polar surface area (TPSA) is 59.8 Å². The van der Waals surface area contributed by atoms with Crippen LogP contribution in [-0.4, -0.2) is 20.4 Å². The number of amides is 1. The van der Waals surface area contributed by atoms with Crippen molar-refractivity contribution in [3.8, 4) is 11.4 Å². The van der Waals surface area contributed by atoms with Gasteiger partial charge in [-0.2, -0.15) is 0 Å². The quantitative estimate of drug-likeness (QED) is 0.610. The maximum atomic E-state index is 13.8. The zero-order chi connectivity index (χ0) is 17.9. The fourth-order valence-corrected chi connectivity index (χ4v) is 2.85. The van der Waals surface area contributed by atoms with Crippen LogP contribution < -0.4 is 5.32 Å². The molecule has 6 heteroatoms. The van der Waals surface area contributed by atoms with E-state index in [-0.39, 0.29) is 18.1 Å². The lowest BCUT2D eigenvalue weighted by atomic mass is 10.2. The van der Waals surface area contributed by atoms with Crippen molar-refractivity contribution in [3.05, 3.63) is 78.9 Å². The minimum absolute atomic E-state index is 0.0203. The molecule has 0 radical (unpaired) electrons. The first kappa shape index (κ1) is 16.0. The lowest BCUT2D eigenvalue weighted by molar-refractivity contribution is -0.116. The first-order valence-corrected chi connectivity index (χ1v) is 8.12. The molecule has 0 aliphatic carbocycles. The van der Waals surface area contributed by atoms with Crippen molar-refractivity contribution in [1.29, 1.82) is 0 Å². The van der Waals surface area contributed by atoms with Gasteiger partial charge in [0.25, 0.3) is 0 Å². The number of imidazole rings is 1. The van der Waals surface area contributed by atoms with Crippen molar-refractivity contribution in [1.82, 2.24) is 14.5 Å². The Labute approximate surface area is 149 Å². The van der Waals surface area contributed by atoms with Crippen LogP contribution in [0, 0.1) is 5.82 Å². The standard InChI is InChI=1S/C20H15FN4O/c21-15-5-1-2-6-16(15)23-19(26)13-25-18-8-4-3-7-17(18)24-20(25)14-9-11-22-12-10-14/h1-12H,13H2,(H,23,26). The van der Waals surface area contributed by atoms with Crippen molar-refractivity contribution in [2.75, 3.05) is 5.32 Å².